The van der Waals surface area contributed by atoms with Crippen molar-refractivity contribution < 1.29 is 13.2 Å². The fourth-order valence-electron chi connectivity index (χ4n) is 2.14. The molecule has 0 saturated heterocycles. The monoisotopic (exact) mass is 332 g/mol. The van der Waals surface area contributed by atoms with E-state index in [1.165, 1.54) is 12.1 Å². The summed E-state index contributed by atoms with van der Waals surface area (Å²) in [5, 5.41) is 5.35. The summed E-state index contributed by atoms with van der Waals surface area (Å²) in [6.07, 6.45) is 0. The fraction of sp³-hybridized carbons (Fsp3) is 0.500. The zero-order valence-corrected chi connectivity index (χ0v) is 14.3. The van der Waals surface area contributed by atoms with Crippen molar-refractivity contribution in [3.63, 3.8) is 0 Å². The highest BCUT2D eigenvalue weighted by molar-refractivity contribution is 7.89. The lowest BCUT2D eigenvalue weighted by atomic mass is 10.1. The largest absolute Gasteiger partial charge is 0.339 e. The molecule has 1 aromatic rings. The highest BCUT2D eigenvalue weighted by Crippen LogP contribution is 2.25. The predicted octanol–water partition coefficient (Wildman–Crippen LogP) is 2.41. The lowest BCUT2D eigenvalue weighted by molar-refractivity contribution is 0.0744. The SMILES string of the molecule is CCN(CC(C)C)C(=O)c1cc(Cl)cc(S(N)(=O)=O)c1C. The molecule has 21 heavy (non-hydrogen) atoms. The van der Waals surface area contributed by atoms with Gasteiger partial charge >= 0.3 is 0 Å². The van der Waals surface area contributed by atoms with E-state index >= 15 is 0 Å². The minimum Gasteiger partial charge on any atom is -0.339 e. The fourth-order valence-corrected chi connectivity index (χ4v) is 3.25. The molecular weight excluding hydrogens is 312 g/mol. The summed E-state index contributed by atoms with van der Waals surface area (Å²) in [6.45, 7) is 8.58. The van der Waals surface area contributed by atoms with Crippen LogP contribution in [0.5, 0.6) is 0 Å². The Morgan fingerprint density at radius 2 is 1.95 bits per heavy atom. The van der Waals surface area contributed by atoms with Gasteiger partial charge in [0.05, 0.1) is 4.90 Å². The number of hydrogen-bond acceptors (Lipinski definition) is 3. The molecule has 0 heterocycles. The van der Waals surface area contributed by atoms with E-state index in [0.717, 1.165) is 0 Å². The van der Waals surface area contributed by atoms with Gasteiger partial charge in [0, 0.05) is 23.7 Å². The van der Waals surface area contributed by atoms with Crippen LogP contribution in [-0.2, 0) is 10.0 Å². The Labute approximate surface area is 131 Å². The Morgan fingerprint density at radius 3 is 2.38 bits per heavy atom. The number of carbonyl (C=O) groups is 1. The van der Waals surface area contributed by atoms with Crippen LogP contribution in [0.4, 0.5) is 0 Å². The molecule has 1 rings (SSSR count). The van der Waals surface area contributed by atoms with Gasteiger partial charge in [0.25, 0.3) is 5.91 Å². The Morgan fingerprint density at radius 1 is 1.38 bits per heavy atom. The van der Waals surface area contributed by atoms with Crippen LogP contribution in [0.25, 0.3) is 0 Å². The molecule has 0 fully saturated rings. The highest BCUT2D eigenvalue weighted by atomic mass is 35.5. The van der Waals surface area contributed by atoms with E-state index in [1.807, 2.05) is 20.8 Å². The summed E-state index contributed by atoms with van der Waals surface area (Å²) in [5.74, 6) is 0.0715. The van der Waals surface area contributed by atoms with Crippen LogP contribution >= 0.6 is 11.6 Å². The van der Waals surface area contributed by atoms with Crippen LogP contribution in [0.2, 0.25) is 5.02 Å². The third-order valence-corrected chi connectivity index (χ3v) is 4.37. The van der Waals surface area contributed by atoms with Gasteiger partial charge in [-0.15, -0.1) is 0 Å². The summed E-state index contributed by atoms with van der Waals surface area (Å²) >= 11 is 5.93. The first-order valence-electron chi connectivity index (χ1n) is 6.70. The van der Waals surface area contributed by atoms with Gasteiger partial charge in [-0.05, 0) is 37.5 Å². The molecule has 0 saturated carbocycles. The van der Waals surface area contributed by atoms with E-state index in [2.05, 4.69) is 0 Å². The number of primary sulfonamides is 1. The minimum atomic E-state index is -3.92. The molecule has 0 bridgehead atoms. The van der Waals surface area contributed by atoms with Crippen molar-refractivity contribution in [2.75, 3.05) is 13.1 Å². The molecule has 7 heteroatoms. The second kappa shape index (κ2) is 6.77. The average molecular weight is 333 g/mol. The number of benzene rings is 1. The predicted molar refractivity (Wildman–Crippen MR) is 84.0 cm³/mol. The third kappa shape index (κ3) is 4.43. The van der Waals surface area contributed by atoms with Crippen molar-refractivity contribution in [3.05, 3.63) is 28.3 Å². The van der Waals surface area contributed by atoms with Gasteiger partial charge in [0.2, 0.25) is 10.0 Å². The van der Waals surface area contributed by atoms with Crippen molar-refractivity contribution in [1.82, 2.24) is 4.90 Å². The van der Waals surface area contributed by atoms with Gasteiger partial charge < -0.3 is 4.90 Å². The van der Waals surface area contributed by atoms with Crippen LogP contribution < -0.4 is 5.14 Å². The molecule has 5 nitrogen and oxygen atoms in total. The van der Waals surface area contributed by atoms with Crippen molar-refractivity contribution in [2.45, 2.75) is 32.6 Å². The molecule has 0 spiro atoms. The molecule has 0 radical (unpaired) electrons. The Kier molecular flexibility index (Phi) is 5.78. The maximum absolute atomic E-state index is 12.6. The van der Waals surface area contributed by atoms with Crippen LogP contribution in [0.3, 0.4) is 0 Å². The molecule has 0 aliphatic rings. The van der Waals surface area contributed by atoms with Crippen LogP contribution in [0, 0.1) is 12.8 Å². The quantitative estimate of drug-likeness (QED) is 0.899. The molecule has 2 N–H and O–H groups in total. The van der Waals surface area contributed by atoms with Crippen molar-refractivity contribution in [3.8, 4) is 0 Å². The molecule has 0 aliphatic heterocycles. The maximum Gasteiger partial charge on any atom is 0.254 e. The topological polar surface area (TPSA) is 80.5 Å². The summed E-state index contributed by atoms with van der Waals surface area (Å²) < 4.78 is 23.2. The number of carbonyl (C=O) groups excluding carboxylic acids is 1. The molecule has 1 aromatic carbocycles. The first-order chi connectivity index (χ1) is 9.57. The van der Waals surface area contributed by atoms with E-state index in [1.54, 1.807) is 11.8 Å². The van der Waals surface area contributed by atoms with Gasteiger partial charge in [-0.25, -0.2) is 13.6 Å². The van der Waals surface area contributed by atoms with E-state index in [9.17, 15) is 13.2 Å². The zero-order chi connectivity index (χ0) is 16.4. The summed E-state index contributed by atoms with van der Waals surface area (Å²) in [5.41, 5.74) is 0.600. The normalized spacial score (nSPS) is 11.8. The number of halogens is 1. The summed E-state index contributed by atoms with van der Waals surface area (Å²) in [6, 6.07) is 2.75. The Hall–Kier alpha value is -1.11. The van der Waals surface area contributed by atoms with Gasteiger partial charge in [-0.1, -0.05) is 25.4 Å². The summed E-state index contributed by atoms with van der Waals surface area (Å²) in [4.78, 5) is 14.1. The number of sulfonamides is 1. The number of nitrogens with zero attached hydrogens (tertiary/aromatic N) is 1. The second-order valence-corrected chi connectivity index (χ2v) is 7.33. The minimum absolute atomic E-state index is 0.112. The molecule has 0 aromatic heterocycles. The van der Waals surface area contributed by atoms with Crippen LogP contribution in [-0.4, -0.2) is 32.3 Å². The standard InChI is InChI=1S/C14H21ClN2O3S/c1-5-17(8-9(2)3)14(18)12-6-11(15)7-13(10(12)4)21(16,19)20/h6-7,9H,5,8H2,1-4H3,(H2,16,19,20). The third-order valence-electron chi connectivity index (χ3n) is 3.12. The maximum atomic E-state index is 12.6. The Bertz CT molecular complexity index is 642. The average Bonchev–Trinajstić information content (AvgIpc) is 2.36. The molecular formula is C14H21ClN2O3S. The van der Waals surface area contributed by atoms with Crippen LogP contribution in [0.15, 0.2) is 17.0 Å². The molecule has 1 amide bonds. The first-order valence-corrected chi connectivity index (χ1v) is 8.62. The van der Waals surface area contributed by atoms with Gasteiger partial charge in [-0.3, -0.25) is 4.79 Å². The summed E-state index contributed by atoms with van der Waals surface area (Å²) in [7, 11) is -3.92. The molecule has 0 atom stereocenters. The lowest BCUT2D eigenvalue weighted by Crippen LogP contribution is -2.34. The lowest BCUT2D eigenvalue weighted by Gasteiger charge is -2.24. The molecule has 118 valence electrons. The van der Waals surface area contributed by atoms with Gasteiger partial charge in [-0.2, -0.15) is 0 Å². The van der Waals surface area contributed by atoms with E-state index < -0.39 is 10.0 Å². The van der Waals surface area contributed by atoms with Gasteiger partial charge in [0.1, 0.15) is 0 Å². The smallest absolute Gasteiger partial charge is 0.254 e. The number of nitrogens with two attached hydrogens (primary N) is 1. The van der Waals surface area contributed by atoms with Crippen LogP contribution in [0.1, 0.15) is 36.7 Å². The van der Waals surface area contributed by atoms with E-state index in [0.29, 0.717) is 24.6 Å². The second-order valence-electron chi connectivity index (χ2n) is 5.36. The molecule has 0 unspecified atom stereocenters. The van der Waals surface area contributed by atoms with Crippen molar-refractivity contribution in [2.24, 2.45) is 11.1 Å². The number of hydrogen-bond donors (Lipinski definition) is 1. The van der Waals surface area contributed by atoms with E-state index in [-0.39, 0.29) is 21.4 Å². The van der Waals surface area contributed by atoms with E-state index in [4.69, 9.17) is 16.7 Å². The van der Waals surface area contributed by atoms with Gasteiger partial charge in [0.15, 0.2) is 0 Å². The first kappa shape index (κ1) is 17.9. The Balaban J connectivity index is 3.36. The van der Waals surface area contributed by atoms with Crippen molar-refractivity contribution >= 4 is 27.5 Å². The zero-order valence-electron chi connectivity index (χ0n) is 12.7. The number of amides is 1. The molecule has 0 aliphatic carbocycles. The van der Waals surface area contributed by atoms with Crippen molar-refractivity contribution in [1.29, 1.82) is 0 Å². The highest BCUT2D eigenvalue weighted by Gasteiger charge is 2.22. The number of rotatable bonds is 5.